The Kier molecular flexibility index (Phi) is 5.53. The molecule has 1 aromatic carbocycles. The van der Waals surface area contributed by atoms with E-state index in [1.54, 1.807) is 54.7 Å². The van der Waals surface area contributed by atoms with Gasteiger partial charge in [0.25, 0.3) is 5.91 Å². The monoisotopic (exact) mass is 371 g/mol. The zero-order chi connectivity index (χ0) is 17.6. The summed E-state index contributed by atoms with van der Waals surface area (Å²) in [5, 5.41) is 15.1. The minimum Gasteiger partial charge on any atom is -0.619 e. The predicted molar refractivity (Wildman–Crippen MR) is 98.6 cm³/mol. The summed E-state index contributed by atoms with van der Waals surface area (Å²) in [5.74, 6) is 0.377. The first-order valence-electron chi connectivity index (χ1n) is 7.44. The van der Waals surface area contributed by atoms with Crippen molar-refractivity contribution in [1.82, 2.24) is 4.98 Å². The van der Waals surface area contributed by atoms with E-state index in [9.17, 15) is 10.0 Å². The second-order valence-corrected chi connectivity index (χ2v) is 6.57. The van der Waals surface area contributed by atoms with Gasteiger partial charge in [0.15, 0.2) is 12.4 Å². The number of nitrogens with one attached hydrogen (secondary N) is 1. The van der Waals surface area contributed by atoms with E-state index in [0.717, 1.165) is 10.3 Å². The van der Waals surface area contributed by atoms with Crippen molar-refractivity contribution < 1.29 is 9.52 Å². The highest BCUT2D eigenvalue weighted by Crippen LogP contribution is 2.25. The van der Waals surface area contributed by atoms with Gasteiger partial charge in [0.2, 0.25) is 0 Å². The molecule has 5 nitrogen and oxygen atoms in total. The van der Waals surface area contributed by atoms with Gasteiger partial charge in [-0.2, -0.15) is 4.73 Å². The number of rotatable bonds is 5. The minimum atomic E-state index is -0.233. The zero-order valence-electron chi connectivity index (χ0n) is 13.1. The highest BCUT2D eigenvalue weighted by Gasteiger charge is 2.13. The van der Waals surface area contributed by atoms with Crippen LogP contribution in [-0.2, 0) is 5.75 Å². The molecular weight excluding hydrogens is 358 g/mol. The summed E-state index contributed by atoms with van der Waals surface area (Å²) in [4.78, 5) is 16.8. The van der Waals surface area contributed by atoms with Crippen molar-refractivity contribution in [3.8, 4) is 0 Å². The van der Waals surface area contributed by atoms with Gasteiger partial charge in [0.1, 0.15) is 5.03 Å². The molecule has 0 bridgehead atoms. The van der Waals surface area contributed by atoms with E-state index < -0.39 is 0 Å². The van der Waals surface area contributed by atoms with Crippen molar-refractivity contribution in [3.63, 3.8) is 0 Å². The van der Waals surface area contributed by atoms with Gasteiger partial charge in [-0.1, -0.05) is 11.6 Å². The Morgan fingerprint density at radius 2 is 1.88 bits per heavy atom. The van der Waals surface area contributed by atoms with E-state index in [1.165, 1.54) is 24.2 Å². The van der Waals surface area contributed by atoms with E-state index >= 15 is 0 Å². The normalized spacial score (nSPS) is 10.4. The summed E-state index contributed by atoms with van der Waals surface area (Å²) in [6.45, 7) is 0. The lowest BCUT2D eigenvalue weighted by molar-refractivity contribution is -0.605. The van der Waals surface area contributed by atoms with E-state index in [-0.39, 0.29) is 5.91 Å². The summed E-state index contributed by atoms with van der Waals surface area (Å²) < 4.78 is 0.736. The number of nitrogens with zero attached hydrogens (tertiary/aromatic N) is 2. The van der Waals surface area contributed by atoms with E-state index in [2.05, 4.69) is 10.3 Å². The maximum atomic E-state index is 12.5. The number of thioether (sulfide) groups is 1. The molecule has 126 valence electrons. The largest absolute Gasteiger partial charge is 0.619 e. The van der Waals surface area contributed by atoms with Crippen molar-refractivity contribution >= 4 is 35.0 Å². The van der Waals surface area contributed by atoms with Crippen molar-refractivity contribution in [2.24, 2.45) is 0 Å². The molecule has 3 rings (SSSR count). The van der Waals surface area contributed by atoms with Crippen LogP contribution >= 0.6 is 23.4 Å². The number of aromatic nitrogens is 2. The molecular formula is C18H14ClN3O2S. The van der Waals surface area contributed by atoms with Crippen LogP contribution < -0.4 is 10.0 Å². The molecule has 1 N–H and O–H groups in total. The van der Waals surface area contributed by atoms with Gasteiger partial charge in [-0.25, -0.2) is 4.98 Å². The quantitative estimate of drug-likeness (QED) is 0.419. The molecule has 0 aliphatic rings. The maximum absolute atomic E-state index is 12.5. The molecule has 7 heteroatoms. The lowest BCUT2D eigenvalue weighted by atomic mass is 10.2. The second kappa shape index (κ2) is 8.00. The van der Waals surface area contributed by atoms with E-state index in [1.807, 2.05) is 0 Å². The average Bonchev–Trinajstić information content (AvgIpc) is 2.63. The molecule has 3 aromatic rings. The lowest BCUT2D eigenvalue weighted by Crippen LogP contribution is -2.23. The number of benzene rings is 1. The van der Waals surface area contributed by atoms with E-state index in [0.29, 0.717) is 27.1 Å². The molecule has 2 aromatic heterocycles. The minimum absolute atomic E-state index is 0.233. The Labute approximate surface area is 154 Å². The van der Waals surface area contributed by atoms with Gasteiger partial charge < -0.3 is 10.5 Å². The maximum Gasteiger partial charge on any atom is 0.258 e. The number of halogens is 1. The van der Waals surface area contributed by atoms with Crippen LogP contribution in [-0.4, -0.2) is 10.9 Å². The zero-order valence-corrected chi connectivity index (χ0v) is 14.6. The first kappa shape index (κ1) is 17.3. The van der Waals surface area contributed by atoms with Crippen molar-refractivity contribution in [2.45, 2.75) is 10.8 Å². The summed E-state index contributed by atoms with van der Waals surface area (Å²) >= 11 is 7.30. The number of hydrogen-bond acceptors (Lipinski definition) is 4. The number of pyridine rings is 2. The van der Waals surface area contributed by atoms with E-state index in [4.69, 9.17) is 11.6 Å². The lowest BCUT2D eigenvalue weighted by Gasteiger charge is -2.09. The van der Waals surface area contributed by atoms with Crippen LogP contribution in [0.5, 0.6) is 0 Å². The highest BCUT2D eigenvalue weighted by atomic mass is 35.5. The molecule has 0 saturated heterocycles. The fourth-order valence-electron chi connectivity index (χ4n) is 2.10. The molecule has 0 radical (unpaired) electrons. The van der Waals surface area contributed by atoms with Crippen LogP contribution in [0.15, 0.2) is 72.1 Å². The summed E-state index contributed by atoms with van der Waals surface area (Å²) in [6, 6.07) is 13.9. The van der Waals surface area contributed by atoms with Crippen LogP contribution in [0, 0.1) is 5.21 Å². The Balaban J connectivity index is 1.72. The van der Waals surface area contributed by atoms with Crippen molar-refractivity contribution in [1.29, 1.82) is 0 Å². The number of hydrogen-bond donors (Lipinski definition) is 1. The molecule has 0 fully saturated rings. The van der Waals surface area contributed by atoms with Gasteiger partial charge in [0.05, 0.1) is 5.56 Å². The topological polar surface area (TPSA) is 68.9 Å². The summed E-state index contributed by atoms with van der Waals surface area (Å²) in [5.41, 5.74) is 2.14. The van der Waals surface area contributed by atoms with Gasteiger partial charge in [-0.15, -0.1) is 11.8 Å². The molecule has 0 atom stereocenters. The molecule has 25 heavy (non-hydrogen) atoms. The first-order chi connectivity index (χ1) is 12.1. The number of carbonyl (C=O) groups excluding carboxylic acids is 1. The summed E-state index contributed by atoms with van der Waals surface area (Å²) in [7, 11) is 0. The third-order valence-corrected chi connectivity index (χ3v) is 4.69. The van der Waals surface area contributed by atoms with Gasteiger partial charge in [-0.05, 0) is 42.0 Å². The Hall–Kier alpha value is -2.57. The second-order valence-electron chi connectivity index (χ2n) is 5.17. The predicted octanol–water partition coefficient (Wildman–Crippen LogP) is 3.91. The number of carbonyl (C=O) groups is 1. The standard InChI is InChI=1S/C18H14ClN3O2S/c19-14-3-5-15(6-4-14)21-17(23)16-2-1-9-20-18(16)25-12-13-7-10-22(24)11-8-13/h1-11H,12H2,(H,21,23). The molecule has 0 aliphatic carbocycles. The van der Waals surface area contributed by atoms with Crippen molar-refractivity contribution in [3.05, 3.63) is 88.5 Å². The van der Waals surface area contributed by atoms with Crippen molar-refractivity contribution in [2.75, 3.05) is 5.32 Å². The molecule has 0 aliphatic heterocycles. The van der Waals surface area contributed by atoms with Crippen LogP contribution in [0.1, 0.15) is 15.9 Å². The molecule has 1 amide bonds. The number of anilines is 1. The van der Waals surface area contributed by atoms with Crippen LogP contribution in [0.3, 0.4) is 0 Å². The number of amides is 1. The summed E-state index contributed by atoms with van der Waals surface area (Å²) in [6.07, 6.45) is 4.54. The fraction of sp³-hybridized carbons (Fsp3) is 0.0556. The van der Waals surface area contributed by atoms with Gasteiger partial charge in [0, 0.05) is 34.8 Å². The highest BCUT2D eigenvalue weighted by molar-refractivity contribution is 7.98. The molecule has 0 unspecified atom stereocenters. The van der Waals surface area contributed by atoms with Gasteiger partial charge >= 0.3 is 0 Å². The molecule has 0 saturated carbocycles. The molecule has 2 heterocycles. The Bertz CT molecular complexity index is 870. The third-order valence-electron chi connectivity index (χ3n) is 3.36. The molecule has 0 spiro atoms. The van der Waals surface area contributed by atoms with Crippen LogP contribution in [0.25, 0.3) is 0 Å². The Morgan fingerprint density at radius 1 is 1.16 bits per heavy atom. The van der Waals surface area contributed by atoms with Crippen LogP contribution in [0.2, 0.25) is 5.02 Å². The Morgan fingerprint density at radius 3 is 2.60 bits per heavy atom. The SMILES string of the molecule is O=C(Nc1ccc(Cl)cc1)c1cccnc1SCc1cc[n+]([O-])cc1. The smallest absolute Gasteiger partial charge is 0.258 e. The average molecular weight is 372 g/mol. The van der Waals surface area contributed by atoms with Crippen LogP contribution in [0.4, 0.5) is 5.69 Å². The fourth-order valence-corrected chi connectivity index (χ4v) is 3.18. The first-order valence-corrected chi connectivity index (χ1v) is 8.80. The third kappa shape index (κ3) is 4.71. The van der Waals surface area contributed by atoms with Gasteiger partial charge in [-0.3, -0.25) is 4.79 Å².